The van der Waals surface area contributed by atoms with E-state index in [0.717, 1.165) is 24.8 Å². The minimum atomic E-state index is 0.0107. The summed E-state index contributed by atoms with van der Waals surface area (Å²) in [5.41, 5.74) is 2.36. The monoisotopic (exact) mass is 229 g/mol. The summed E-state index contributed by atoms with van der Waals surface area (Å²) < 4.78 is 0. The van der Waals surface area contributed by atoms with Crippen LogP contribution in [0.3, 0.4) is 0 Å². The predicted molar refractivity (Wildman–Crippen MR) is 69.1 cm³/mol. The molecule has 0 bridgehead atoms. The molecular weight excluding hydrogens is 210 g/mol. The molecule has 0 aliphatic heterocycles. The number of nitriles is 1. The van der Waals surface area contributed by atoms with Gasteiger partial charge in [0.15, 0.2) is 5.78 Å². The third-order valence-corrected chi connectivity index (χ3v) is 3.15. The van der Waals surface area contributed by atoms with Crippen molar-refractivity contribution in [1.29, 1.82) is 5.26 Å². The van der Waals surface area contributed by atoms with Crippen LogP contribution in [-0.4, -0.2) is 5.78 Å². The first-order chi connectivity index (χ1) is 8.13. The van der Waals surface area contributed by atoms with Crippen molar-refractivity contribution >= 4 is 5.78 Å². The molecule has 1 aromatic rings. The minimum Gasteiger partial charge on any atom is -0.295 e. The molecule has 1 rings (SSSR count). The molecule has 2 heteroatoms. The van der Waals surface area contributed by atoms with Gasteiger partial charge >= 0.3 is 0 Å². The standard InChI is InChI=1S/C15H19NO/c1-4-6-12(5-2)15-8-7-13(11(3)17)9-14(15)10-16/h7-9,12H,4-6H2,1-3H3. The van der Waals surface area contributed by atoms with Gasteiger partial charge in [0.05, 0.1) is 11.6 Å². The van der Waals surface area contributed by atoms with Gasteiger partial charge in [-0.25, -0.2) is 0 Å². The second kappa shape index (κ2) is 6.20. The third-order valence-electron chi connectivity index (χ3n) is 3.15. The van der Waals surface area contributed by atoms with E-state index < -0.39 is 0 Å². The first-order valence-electron chi connectivity index (χ1n) is 6.19. The molecule has 0 fully saturated rings. The maximum atomic E-state index is 11.3. The Balaban J connectivity index is 3.16. The molecule has 0 saturated heterocycles. The quantitative estimate of drug-likeness (QED) is 0.714. The lowest BCUT2D eigenvalue weighted by molar-refractivity contribution is 0.101. The van der Waals surface area contributed by atoms with Gasteiger partial charge in [0.1, 0.15) is 0 Å². The lowest BCUT2D eigenvalue weighted by Crippen LogP contribution is -2.02. The van der Waals surface area contributed by atoms with Crippen LogP contribution < -0.4 is 0 Å². The van der Waals surface area contributed by atoms with Gasteiger partial charge in [-0.15, -0.1) is 0 Å². The van der Waals surface area contributed by atoms with E-state index in [-0.39, 0.29) is 5.78 Å². The Morgan fingerprint density at radius 2 is 2.12 bits per heavy atom. The zero-order valence-corrected chi connectivity index (χ0v) is 10.8. The van der Waals surface area contributed by atoms with Crippen LogP contribution in [0.2, 0.25) is 0 Å². The smallest absolute Gasteiger partial charge is 0.159 e. The van der Waals surface area contributed by atoms with Crippen LogP contribution in [0.5, 0.6) is 0 Å². The first kappa shape index (κ1) is 13.4. The van der Waals surface area contributed by atoms with E-state index in [9.17, 15) is 10.1 Å². The van der Waals surface area contributed by atoms with Crippen molar-refractivity contribution in [2.24, 2.45) is 0 Å². The van der Waals surface area contributed by atoms with E-state index in [1.807, 2.05) is 12.1 Å². The lowest BCUT2D eigenvalue weighted by atomic mass is 9.88. The van der Waals surface area contributed by atoms with Crippen LogP contribution in [0.15, 0.2) is 18.2 Å². The van der Waals surface area contributed by atoms with Crippen molar-refractivity contribution in [1.82, 2.24) is 0 Å². The van der Waals surface area contributed by atoms with Crippen molar-refractivity contribution in [3.05, 3.63) is 34.9 Å². The molecule has 0 aromatic heterocycles. The predicted octanol–water partition coefficient (Wildman–Crippen LogP) is 4.05. The lowest BCUT2D eigenvalue weighted by Gasteiger charge is -2.16. The van der Waals surface area contributed by atoms with E-state index in [1.54, 1.807) is 6.07 Å². The maximum Gasteiger partial charge on any atom is 0.159 e. The highest BCUT2D eigenvalue weighted by Crippen LogP contribution is 2.28. The SMILES string of the molecule is CCCC(CC)c1ccc(C(C)=O)cc1C#N. The number of carbonyl (C=O) groups excluding carboxylic acids is 1. The molecule has 0 spiro atoms. The number of Topliss-reactive ketones (excluding diaryl/α,β-unsaturated/α-hetero) is 1. The molecule has 17 heavy (non-hydrogen) atoms. The van der Waals surface area contributed by atoms with Gasteiger partial charge in [0, 0.05) is 5.56 Å². The van der Waals surface area contributed by atoms with E-state index in [2.05, 4.69) is 19.9 Å². The van der Waals surface area contributed by atoms with Crippen molar-refractivity contribution in [2.45, 2.75) is 46.0 Å². The van der Waals surface area contributed by atoms with Crippen LogP contribution in [-0.2, 0) is 0 Å². The van der Waals surface area contributed by atoms with Gasteiger partial charge in [0.25, 0.3) is 0 Å². The van der Waals surface area contributed by atoms with Gasteiger partial charge in [-0.2, -0.15) is 5.26 Å². The number of ketones is 1. The number of benzene rings is 1. The highest BCUT2D eigenvalue weighted by Gasteiger charge is 2.14. The molecular formula is C15H19NO. The van der Waals surface area contributed by atoms with Gasteiger partial charge in [0.2, 0.25) is 0 Å². The summed E-state index contributed by atoms with van der Waals surface area (Å²) in [6.07, 6.45) is 3.23. The highest BCUT2D eigenvalue weighted by atomic mass is 16.1. The van der Waals surface area contributed by atoms with Crippen molar-refractivity contribution in [3.8, 4) is 6.07 Å². The van der Waals surface area contributed by atoms with E-state index in [4.69, 9.17) is 0 Å². The average Bonchev–Trinajstić information content (AvgIpc) is 2.35. The minimum absolute atomic E-state index is 0.0107. The van der Waals surface area contributed by atoms with Crippen molar-refractivity contribution < 1.29 is 4.79 Å². The van der Waals surface area contributed by atoms with Crippen LogP contribution in [0.25, 0.3) is 0 Å². The summed E-state index contributed by atoms with van der Waals surface area (Å²) in [6, 6.07) is 7.70. The Hall–Kier alpha value is -1.62. The summed E-state index contributed by atoms with van der Waals surface area (Å²) in [5.74, 6) is 0.437. The summed E-state index contributed by atoms with van der Waals surface area (Å²) in [4.78, 5) is 11.3. The molecule has 0 radical (unpaired) electrons. The third kappa shape index (κ3) is 3.17. The molecule has 1 atom stereocenters. The van der Waals surface area contributed by atoms with Crippen LogP contribution in [0, 0.1) is 11.3 Å². The topological polar surface area (TPSA) is 40.9 Å². The molecule has 1 unspecified atom stereocenters. The van der Waals surface area contributed by atoms with Crippen molar-refractivity contribution in [3.63, 3.8) is 0 Å². The number of hydrogen-bond donors (Lipinski definition) is 0. The van der Waals surface area contributed by atoms with Crippen molar-refractivity contribution in [2.75, 3.05) is 0 Å². The van der Waals surface area contributed by atoms with Crippen LogP contribution in [0.4, 0.5) is 0 Å². The zero-order chi connectivity index (χ0) is 12.8. The van der Waals surface area contributed by atoms with Crippen LogP contribution in [0.1, 0.15) is 67.4 Å². The molecule has 0 saturated carbocycles. The first-order valence-corrected chi connectivity index (χ1v) is 6.19. The Bertz CT molecular complexity index is 443. The number of rotatable bonds is 5. The summed E-state index contributed by atoms with van der Waals surface area (Å²) >= 11 is 0. The van der Waals surface area contributed by atoms with Gasteiger partial charge in [-0.05, 0) is 37.3 Å². The second-order valence-electron chi connectivity index (χ2n) is 4.36. The Morgan fingerprint density at radius 3 is 2.59 bits per heavy atom. The Morgan fingerprint density at radius 1 is 1.41 bits per heavy atom. The largest absolute Gasteiger partial charge is 0.295 e. The fourth-order valence-electron chi connectivity index (χ4n) is 2.16. The molecule has 90 valence electrons. The Labute approximate surface area is 103 Å². The van der Waals surface area contributed by atoms with Gasteiger partial charge in [-0.3, -0.25) is 4.79 Å². The molecule has 0 amide bonds. The molecule has 0 heterocycles. The van der Waals surface area contributed by atoms with E-state index in [1.165, 1.54) is 6.92 Å². The fourth-order valence-corrected chi connectivity index (χ4v) is 2.16. The number of nitrogens with zero attached hydrogens (tertiary/aromatic N) is 1. The Kier molecular flexibility index (Phi) is 4.90. The van der Waals surface area contributed by atoms with Gasteiger partial charge in [-0.1, -0.05) is 32.4 Å². The molecule has 0 aliphatic carbocycles. The van der Waals surface area contributed by atoms with E-state index in [0.29, 0.717) is 17.0 Å². The summed E-state index contributed by atoms with van der Waals surface area (Å²) in [6.45, 7) is 5.82. The average molecular weight is 229 g/mol. The normalized spacial score (nSPS) is 11.9. The van der Waals surface area contributed by atoms with E-state index >= 15 is 0 Å². The summed E-state index contributed by atoms with van der Waals surface area (Å²) in [7, 11) is 0. The number of hydrogen-bond acceptors (Lipinski definition) is 2. The molecule has 0 aliphatic rings. The molecule has 2 nitrogen and oxygen atoms in total. The molecule has 1 aromatic carbocycles. The second-order valence-corrected chi connectivity index (χ2v) is 4.36. The van der Waals surface area contributed by atoms with Gasteiger partial charge < -0.3 is 0 Å². The maximum absolute atomic E-state index is 11.3. The number of carbonyl (C=O) groups is 1. The zero-order valence-electron chi connectivity index (χ0n) is 10.8. The fraction of sp³-hybridized carbons (Fsp3) is 0.467. The highest BCUT2D eigenvalue weighted by molar-refractivity contribution is 5.94. The summed E-state index contributed by atoms with van der Waals surface area (Å²) in [5, 5.41) is 9.18. The molecule has 0 N–H and O–H groups in total. The van der Waals surface area contributed by atoms with Crippen LogP contribution >= 0.6 is 0 Å².